The molecule has 0 atom stereocenters. The number of carbonyl (C=O) groups is 1. The molecule has 0 aliphatic rings. The fourth-order valence-electron chi connectivity index (χ4n) is 1.70. The Balaban J connectivity index is 1.95. The summed E-state index contributed by atoms with van der Waals surface area (Å²) in [6, 6.07) is 17.2. The van der Waals surface area contributed by atoms with Gasteiger partial charge >= 0.3 is 0 Å². The third kappa shape index (κ3) is 4.21. The molecule has 2 rings (SSSR count). The summed E-state index contributed by atoms with van der Waals surface area (Å²) in [4.78, 5) is 12.0. The molecule has 0 saturated heterocycles. The average Bonchev–Trinajstić information content (AvgIpc) is 2.42. The Morgan fingerprint density at radius 3 is 2.32 bits per heavy atom. The SMILES string of the molecule is C=C(CC(=O)c1ccccc1)Nc1ccc(I)cc1. The highest BCUT2D eigenvalue weighted by molar-refractivity contribution is 14.1. The molecule has 3 heteroatoms. The lowest BCUT2D eigenvalue weighted by atomic mass is 10.1. The van der Waals surface area contributed by atoms with Crippen LogP contribution in [0.4, 0.5) is 5.69 Å². The van der Waals surface area contributed by atoms with E-state index in [4.69, 9.17) is 0 Å². The minimum absolute atomic E-state index is 0.0728. The molecule has 0 aliphatic carbocycles. The number of hydrogen-bond donors (Lipinski definition) is 1. The highest BCUT2D eigenvalue weighted by Gasteiger charge is 2.07. The molecule has 0 unspecified atom stereocenters. The Labute approximate surface area is 126 Å². The number of halogens is 1. The fraction of sp³-hybridized carbons (Fsp3) is 0.0625. The topological polar surface area (TPSA) is 29.1 Å². The minimum atomic E-state index is 0.0728. The highest BCUT2D eigenvalue weighted by atomic mass is 127. The third-order valence-corrected chi connectivity index (χ3v) is 3.35. The van der Waals surface area contributed by atoms with Gasteiger partial charge in [0.05, 0.1) is 6.42 Å². The molecular formula is C16H14INO. The Morgan fingerprint density at radius 1 is 1.05 bits per heavy atom. The van der Waals surface area contributed by atoms with E-state index in [1.807, 2.05) is 54.6 Å². The van der Waals surface area contributed by atoms with E-state index >= 15 is 0 Å². The van der Waals surface area contributed by atoms with Gasteiger partial charge in [0.15, 0.2) is 5.78 Å². The van der Waals surface area contributed by atoms with Crippen molar-refractivity contribution < 1.29 is 4.79 Å². The molecule has 0 heterocycles. The van der Waals surface area contributed by atoms with E-state index in [1.165, 1.54) is 3.57 Å². The van der Waals surface area contributed by atoms with Crippen molar-refractivity contribution in [1.82, 2.24) is 0 Å². The molecule has 2 aromatic carbocycles. The molecule has 96 valence electrons. The van der Waals surface area contributed by atoms with Crippen LogP contribution in [0.5, 0.6) is 0 Å². The van der Waals surface area contributed by atoms with Crippen LogP contribution in [0.2, 0.25) is 0 Å². The molecule has 0 amide bonds. The first-order valence-corrected chi connectivity index (χ1v) is 7.01. The summed E-state index contributed by atoms with van der Waals surface area (Å²) in [6.07, 6.45) is 0.302. The van der Waals surface area contributed by atoms with Crippen LogP contribution < -0.4 is 5.32 Å². The summed E-state index contributed by atoms with van der Waals surface area (Å²) in [7, 11) is 0. The Hall–Kier alpha value is -1.62. The van der Waals surface area contributed by atoms with E-state index in [0.717, 1.165) is 5.69 Å². The van der Waals surface area contributed by atoms with Gasteiger partial charge in [0.1, 0.15) is 0 Å². The third-order valence-electron chi connectivity index (χ3n) is 2.64. The Kier molecular flexibility index (Phi) is 4.74. The molecular weight excluding hydrogens is 349 g/mol. The first-order chi connectivity index (χ1) is 9.15. The van der Waals surface area contributed by atoms with Gasteiger partial charge in [-0.3, -0.25) is 4.79 Å². The first kappa shape index (κ1) is 13.8. The van der Waals surface area contributed by atoms with Crippen LogP contribution in [0.3, 0.4) is 0 Å². The zero-order chi connectivity index (χ0) is 13.7. The second-order valence-corrected chi connectivity index (χ2v) is 5.45. The van der Waals surface area contributed by atoms with Crippen LogP contribution in [0.1, 0.15) is 16.8 Å². The van der Waals surface area contributed by atoms with Crippen LogP contribution in [0.15, 0.2) is 66.9 Å². The van der Waals surface area contributed by atoms with Crippen LogP contribution >= 0.6 is 22.6 Å². The summed E-state index contributed by atoms with van der Waals surface area (Å²) >= 11 is 2.25. The summed E-state index contributed by atoms with van der Waals surface area (Å²) in [5.41, 5.74) is 2.37. The number of Topliss-reactive ketones (excluding diaryl/α,β-unsaturated/α-hetero) is 1. The van der Waals surface area contributed by atoms with Gasteiger partial charge in [-0.2, -0.15) is 0 Å². The van der Waals surface area contributed by atoms with E-state index in [1.54, 1.807) is 0 Å². The lowest BCUT2D eigenvalue weighted by molar-refractivity contribution is 0.0993. The van der Waals surface area contributed by atoms with Crippen molar-refractivity contribution in [3.63, 3.8) is 0 Å². The second-order valence-electron chi connectivity index (χ2n) is 4.20. The van der Waals surface area contributed by atoms with Crippen molar-refractivity contribution >= 4 is 34.1 Å². The standard InChI is InChI=1S/C16H14INO/c1-12(18-15-9-7-14(17)8-10-15)11-16(19)13-5-3-2-4-6-13/h2-10,18H,1,11H2. The Morgan fingerprint density at radius 2 is 1.68 bits per heavy atom. The minimum Gasteiger partial charge on any atom is -0.359 e. The van der Waals surface area contributed by atoms with Gasteiger partial charge in [-0.1, -0.05) is 36.9 Å². The van der Waals surface area contributed by atoms with Crippen molar-refractivity contribution in [3.05, 3.63) is 76.0 Å². The molecule has 0 aliphatic heterocycles. The Bertz CT molecular complexity index is 575. The number of hydrogen-bond acceptors (Lipinski definition) is 2. The molecule has 0 aromatic heterocycles. The molecule has 2 nitrogen and oxygen atoms in total. The molecule has 0 fully saturated rings. The van der Waals surface area contributed by atoms with Crippen LogP contribution in [-0.4, -0.2) is 5.78 Å². The van der Waals surface area contributed by atoms with E-state index in [-0.39, 0.29) is 5.78 Å². The number of nitrogens with one attached hydrogen (secondary N) is 1. The smallest absolute Gasteiger partial charge is 0.168 e. The lowest BCUT2D eigenvalue weighted by Crippen LogP contribution is -2.06. The second kappa shape index (κ2) is 6.52. The number of anilines is 1. The maximum Gasteiger partial charge on any atom is 0.168 e. The first-order valence-electron chi connectivity index (χ1n) is 5.94. The van der Waals surface area contributed by atoms with Crippen LogP contribution in [-0.2, 0) is 0 Å². The van der Waals surface area contributed by atoms with Gasteiger partial charge in [0.2, 0.25) is 0 Å². The van der Waals surface area contributed by atoms with E-state index in [0.29, 0.717) is 17.7 Å². The van der Waals surface area contributed by atoms with Gasteiger partial charge in [-0.25, -0.2) is 0 Å². The van der Waals surface area contributed by atoms with Gasteiger partial charge in [0.25, 0.3) is 0 Å². The zero-order valence-electron chi connectivity index (χ0n) is 10.4. The number of allylic oxidation sites excluding steroid dienone is 1. The molecule has 19 heavy (non-hydrogen) atoms. The summed E-state index contributed by atoms with van der Waals surface area (Å²) < 4.78 is 1.18. The fourth-order valence-corrected chi connectivity index (χ4v) is 2.06. The maximum absolute atomic E-state index is 12.0. The van der Waals surface area contributed by atoms with Gasteiger partial charge in [-0.15, -0.1) is 0 Å². The molecule has 2 aromatic rings. The highest BCUT2D eigenvalue weighted by Crippen LogP contribution is 2.15. The zero-order valence-corrected chi connectivity index (χ0v) is 12.6. The predicted molar refractivity (Wildman–Crippen MR) is 87.3 cm³/mol. The molecule has 1 N–H and O–H groups in total. The van der Waals surface area contributed by atoms with Gasteiger partial charge in [-0.05, 0) is 46.9 Å². The summed E-state index contributed by atoms with van der Waals surface area (Å²) in [5, 5.41) is 3.15. The molecule has 0 spiro atoms. The number of benzene rings is 2. The number of carbonyl (C=O) groups excluding carboxylic acids is 1. The maximum atomic E-state index is 12.0. The van der Waals surface area contributed by atoms with Crippen molar-refractivity contribution in [2.45, 2.75) is 6.42 Å². The largest absolute Gasteiger partial charge is 0.359 e. The average molecular weight is 363 g/mol. The van der Waals surface area contributed by atoms with Crippen molar-refractivity contribution in [3.8, 4) is 0 Å². The normalized spacial score (nSPS) is 9.95. The number of ketones is 1. The molecule has 0 bridgehead atoms. The van der Waals surface area contributed by atoms with E-state index in [2.05, 4.69) is 34.5 Å². The van der Waals surface area contributed by atoms with Crippen LogP contribution in [0, 0.1) is 3.57 Å². The quantitative estimate of drug-likeness (QED) is 0.627. The monoisotopic (exact) mass is 363 g/mol. The van der Waals surface area contributed by atoms with E-state index in [9.17, 15) is 4.79 Å². The van der Waals surface area contributed by atoms with Crippen LogP contribution in [0.25, 0.3) is 0 Å². The van der Waals surface area contributed by atoms with Crippen molar-refractivity contribution in [2.75, 3.05) is 5.32 Å². The molecule has 0 saturated carbocycles. The lowest BCUT2D eigenvalue weighted by Gasteiger charge is -2.09. The summed E-state index contributed by atoms with van der Waals surface area (Å²) in [6.45, 7) is 3.90. The van der Waals surface area contributed by atoms with Crippen molar-refractivity contribution in [2.24, 2.45) is 0 Å². The van der Waals surface area contributed by atoms with E-state index < -0.39 is 0 Å². The number of rotatable bonds is 5. The molecule has 0 radical (unpaired) electrons. The predicted octanol–water partition coefficient (Wildman–Crippen LogP) is 4.49. The van der Waals surface area contributed by atoms with Gasteiger partial charge < -0.3 is 5.32 Å². The summed E-state index contributed by atoms with van der Waals surface area (Å²) in [5.74, 6) is 0.0728. The van der Waals surface area contributed by atoms with Crippen molar-refractivity contribution in [1.29, 1.82) is 0 Å². The van der Waals surface area contributed by atoms with Gasteiger partial charge in [0, 0.05) is 20.5 Å².